The van der Waals surface area contributed by atoms with Crippen LogP contribution in [0.3, 0.4) is 0 Å². The van der Waals surface area contributed by atoms with E-state index in [0.717, 1.165) is 6.42 Å². The van der Waals surface area contributed by atoms with Crippen LogP contribution in [0.2, 0.25) is 0 Å². The van der Waals surface area contributed by atoms with E-state index in [1.165, 1.54) is 5.56 Å². The highest BCUT2D eigenvalue weighted by Gasteiger charge is 2.30. The van der Waals surface area contributed by atoms with Gasteiger partial charge in [-0.05, 0) is 12.0 Å². The van der Waals surface area contributed by atoms with Crippen molar-refractivity contribution in [3.05, 3.63) is 35.9 Å². The van der Waals surface area contributed by atoms with Crippen molar-refractivity contribution in [2.75, 3.05) is 26.8 Å². The lowest BCUT2D eigenvalue weighted by Gasteiger charge is -2.35. The van der Waals surface area contributed by atoms with Crippen LogP contribution in [0.15, 0.2) is 30.3 Å². The van der Waals surface area contributed by atoms with E-state index in [4.69, 9.17) is 4.74 Å². The molecule has 0 saturated carbocycles. The van der Waals surface area contributed by atoms with Gasteiger partial charge in [-0.25, -0.2) is 0 Å². The summed E-state index contributed by atoms with van der Waals surface area (Å²) in [6, 6.07) is 10.4. The number of hydrogen-bond acceptors (Lipinski definition) is 3. The minimum Gasteiger partial charge on any atom is -0.383 e. The van der Waals surface area contributed by atoms with Crippen LogP contribution in [0.4, 0.5) is 0 Å². The molecule has 0 aliphatic rings. The Hall–Kier alpha value is -1.39. The maximum absolute atomic E-state index is 12.0. The molecule has 0 saturated heterocycles. The summed E-state index contributed by atoms with van der Waals surface area (Å²) >= 11 is 0. The third-order valence-corrected chi connectivity index (χ3v) is 3.90. The van der Waals surface area contributed by atoms with E-state index in [2.05, 4.69) is 43.5 Å². The predicted molar refractivity (Wildman–Crippen MR) is 86.4 cm³/mol. The Kier molecular flexibility index (Phi) is 7.40. The molecule has 1 amide bonds. The SMILES string of the molecule is CCC(NC(=O)CNCCOC)C(C)(C)c1ccccc1. The third-order valence-electron chi connectivity index (χ3n) is 3.90. The first-order chi connectivity index (χ1) is 10.0. The molecule has 0 bridgehead atoms. The molecule has 0 heterocycles. The summed E-state index contributed by atoms with van der Waals surface area (Å²) < 4.78 is 4.94. The standard InChI is InChI=1S/C17H28N2O2/c1-5-15(19-16(20)13-18-11-12-21-4)17(2,3)14-9-7-6-8-10-14/h6-10,15,18H,5,11-13H2,1-4H3,(H,19,20). The zero-order valence-corrected chi connectivity index (χ0v) is 13.6. The summed E-state index contributed by atoms with van der Waals surface area (Å²) in [5.74, 6) is 0.0296. The van der Waals surface area contributed by atoms with Crippen molar-refractivity contribution in [3.63, 3.8) is 0 Å². The molecule has 0 aliphatic carbocycles. The fourth-order valence-corrected chi connectivity index (χ4v) is 2.48. The van der Waals surface area contributed by atoms with Crippen LogP contribution in [-0.4, -0.2) is 38.8 Å². The molecule has 0 aliphatic heterocycles. The van der Waals surface area contributed by atoms with Gasteiger partial charge in [0.05, 0.1) is 13.2 Å². The molecule has 0 spiro atoms. The molecular weight excluding hydrogens is 264 g/mol. The van der Waals surface area contributed by atoms with Gasteiger partial charge in [0, 0.05) is 25.1 Å². The normalized spacial score (nSPS) is 13.0. The molecule has 4 nitrogen and oxygen atoms in total. The monoisotopic (exact) mass is 292 g/mol. The molecule has 2 N–H and O–H groups in total. The molecule has 0 radical (unpaired) electrons. The van der Waals surface area contributed by atoms with Gasteiger partial charge >= 0.3 is 0 Å². The van der Waals surface area contributed by atoms with Gasteiger partial charge in [-0.2, -0.15) is 0 Å². The summed E-state index contributed by atoms with van der Waals surface area (Å²) in [5, 5.41) is 6.21. The van der Waals surface area contributed by atoms with Crippen LogP contribution in [0.25, 0.3) is 0 Å². The Morgan fingerprint density at radius 3 is 2.52 bits per heavy atom. The molecule has 1 unspecified atom stereocenters. The number of rotatable bonds is 9. The van der Waals surface area contributed by atoms with E-state index >= 15 is 0 Å². The van der Waals surface area contributed by atoms with Crippen LogP contribution >= 0.6 is 0 Å². The molecule has 21 heavy (non-hydrogen) atoms. The van der Waals surface area contributed by atoms with Gasteiger partial charge in [0.2, 0.25) is 5.91 Å². The summed E-state index contributed by atoms with van der Waals surface area (Å²) in [5.41, 5.74) is 1.14. The maximum atomic E-state index is 12.0. The molecule has 1 aromatic rings. The zero-order valence-electron chi connectivity index (χ0n) is 13.6. The zero-order chi connectivity index (χ0) is 15.7. The lowest BCUT2D eigenvalue weighted by Crippen LogP contribution is -2.49. The van der Waals surface area contributed by atoms with E-state index in [1.54, 1.807) is 7.11 Å². The highest BCUT2D eigenvalue weighted by Crippen LogP contribution is 2.28. The second-order valence-corrected chi connectivity index (χ2v) is 5.79. The fourth-order valence-electron chi connectivity index (χ4n) is 2.48. The third kappa shape index (κ3) is 5.48. The topological polar surface area (TPSA) is 50.4 Å². The number of amides is 1. The molecule has 118 valence electrons. The van der Waals surface area contributed by atoms with Gasteiger partial charge in [0.15, 0.2) is 0 Å². The lowest BCUT2D eigenvalue weighted by atomic mass is 9.76. The second kappa shape index (κ2) is 8.80. The number of nitrogens with one attached hydrogen (secondary N) is 2. The van der Waals surface area contributed by atoms with E-state index in [9.17, 15) is 4.79 Å². The Morgan fingerprint density at radius 1 is 1.29 bits per heavy atom. The van der Waals surface area contributed by atoms with Crippen LogP contribution < -0.4 is 10.6 Å². The number of carbonyl (C=O) groups is 1. The van der Waals surface area contributed by atoms with Crippen molar-refractivity contribution < 1.29 is 9.53 Å². The molecule has 0 fully saturated rings. The van der Waals surface area contributed by atoms with Crippen molar-refractivity contribution in [2.45, 2.75) is 38.6 Å². The van der Waals surface area contributed by atoms with Crippen LogP contribution in [0.5, 0.6) is 0 Å². The second-order valence-electron chi connectivity index (χ2n) is 5.79. The van der Waals surface area contributed by atoms with Gasteiger partial charge in [-0.3, -0.25) is 4.79 Å². The minimum absolute atomic E-state index is 0.0296. The van der Waals surface area contributed by atoms with Gasteiger partial charge in [0.1, 0.15) is 0 Å². The van der Waals surface area contributed by atoms with Crippen molar-refractivity contribution in [3.8, 4) is 0 Å². The number of benzene rings is 1. The first-order valence-corrected chi connectivity index (χ1v) is 7.57. The van der Waals surface area contributed by atoms with Gasteiger partial charge < -0.3 is 15.4 Å². The highest BCUT2D eigenvalue weighted by atomic mass is 16.5. The number of ether oxygens (including phenoxy) is 1. The van der Waals surface area contributed by atoms with Crippen molar-refractivity contribution in [1.29, 1.82) is 0 Å². The summed E-state index contributed by atoms with van der Waals surface area (Å²) in [6.07, 6.45) is 0.895. The molecule has 1 atom stereocenters. The quantitative estimate of drug-likeness (QED) is 0.685. The van der Waals surface area contributed by atoms with E-state index in [-0.39, 0.29) is 17.4 Å². The smallest absolute Gasteiger partial charge is 0.234 e. The molecule has 1 aromatic carbocycles. The average Bonchev–Trinajstić information content (AvgIpc) is 2.50. The maximum Gasteiger partial charge on any atom is 0.234 e. The van der Waals surface area contributed by atoms with Crippen molar-refractivity contribution >= 4 is 5.91 Å². The van der Waals surface area contributed by atoms with Crippen molar-refractivity contribution in [1.82, 2.24) is 10.6 Å². The van der Waals surface area contributed by atoms with E-state index in [0.29, 0.717) is 19.7 Å². The van der Waals surface area contributed by atoms with E-state index < -0.39 is 0 Å². The van der Waals surface area contributed by atoms with Gasteiger partial charge in [-0.1, -0.05) is 51.1 Å². The molecule has 1 rings (SSSR count). The molecule has 4 heteroatoms. The fraction of sp³-hybridized carbons (Fsp3) is 0.588. The first kappa shape index (κ1) is 17.7. The highest BCUT2D eigenvalue weighted by molar-refractivity contribution is 5.78. The van der Waals surface area contributed by atoms with Crippen molar-refractivity contribution in [2.24, 2.45) is 0 Å². The summed E-state index contributed by atoms with van der Waals surface area (Å²) in [4.78, 5) is 12.0. The Bertz CT molecular complexity index is 418. The van der Waals surface area contributed by atoms with Gasteiger partial charge in [-0.15, -0.1) is 0 Å². The van der Waals surface area contributed by atoms with Crippen LogP contribution in [0, 0.1) is 0 Å². The van der Waals surface area contributed by atoms with Crippen LogP contribution in [0.1, 0.15) is 32.8 Å². The Labute approximate surface area is 128 Å². The Morgan fingerprint density at radius 2 is 1.95 bits per heavy atom. The first-order valence-electron chi connectivity index (χ1n) is 7.57. The molecular formula is C17H28N2O2. The minimum atomic E-state index is -0.0990. The average molecular weight is 292 g/mol. The number of carbonyl (C=O) groups excluding carboxylic acids is 1. The van der Waals surface area contributed by atoms with E-state index in [1.807, 2.05) is 18.2 Å². The predicted octanol–water partition coefficient (Wildman–Crippen LogP) is 2.09. The lowest BCUT2D eigenvalue weighted by molar-refractivity contribution is -0.121. The summed E-state index contributed by atoms with van der Waals surface area (Å²) in [6.45, 7) is 8.08. The molecule has 0 aromatic heterocycles. The summed E-state index contributed by atoms with van der Waals surface area (Å²) in [7, 11) is 1.65. The number of methoxy groups -OCH3 is 1. The largest absolute Gasteiger partial charge is 0.383 e. The van der Waals surface area contributed by atoms with Crippen LogP contribution in [-0.2, 0) is 14.9 Å². The number of hydrogen-bond donors (Lipinski definition) is 2. The Balaban J connectivity index is 2.59. The van der Waals surface area contributed by atoms with Gasteiger partial charge in [0.25, 0.3) is 0 Å².